The van der Waals surface area contributed by atoms with Gasteiger partial charge in [0.05, 0.1) is 22.8 Å². The van der Waals surface area contributed by atoms with Crippen LogP contribution in [0.3, 0.4) is 0 Å². The van der Waals surface area contributed by atoms with E-state index in [4.69, 9.17) is 0 Å². The molecule has 2 heterocycles. The van der Waals surface area contributed by atoms with Gasteiger partial charge in [-0.3, -0.25) is 0 Å². The van der Waals surface area contributed by atoms with Gasteiger partial charge >= 0.3 is 0 Å². The molecule has 2 nitrogen and oxygen atoms in total. The number of aryl methyl sites for hydroxylation is 1. The number of para-hydroxylation sites is 4. The van der Waals surface area contributed by atoms with Crippen molar-refractivity contribution in [1.82, 2.24) is 0 Å². The molecule has 0 bridgehead atoms. The zero-order valence-electron chi connectivity index (χ0n) is 40.8. The summed E-state index contributed by atoms with van der Waals surface area (Å²) in [5.41, 5.74) is 22.6. The molecule has 1 aromatic heterocycles. The number of hydrogen-bond acceptors (Lipinski definition) is 3. The predicted molar refractivity (Wildman–Crippen MR) is 313 cm³/mol. The standard InChI is InChI=1S/C71H50N2S/c1-2-21-50(22-3-1)73-67-34-15-12-31-63(67)71(64-32-13-16-35-68(64)73)62-30-11-8-26-57(62)58-44-42-52(46-65(58)71)72(51-40-37-47(38-41-51)49-39-43-61-60-28-10-17-36-69(60)74-70(61)45-49)66-33-14-9-27-59(66)56-25-7-6-24-55(56)54-29-18-20-48-19-4-5-23-53(48)54/h1-38,40-42,44-45,52H,39,43,46H2. The molecule has 1 aliphatic heterocycles. The second-order valence-corrected chi connectivity index (χ2v) is 21.2. The third-order valence-electron chi connectivity index (χ3n) is 16.4. The molecule has 0 N–H and O–H groups in total. The van der Waals surface area contributed by atoms with Crippen molar-refractivity contribution in [3.63, 3.8) is 0 Å². The molecule has 350 valence electrons. The zero-order chi connectivity index (χ0) is 48.7. The lowest BCUT2D eigenvalue weighted by Crippen LogP contribution is -2.40. The van der Waals surface area contributed by atoms with Crippen LogP contribution in [0, 0.1) is 0 Å². The van der Waals surface area contributed by atoms with Gasteiger partial charge in [0.25, 0.3) is 0 Å². The average molecular weight is 963 g/mol. The summed E-state index contributed by atoms with van der Waals surface area (Å²) in [6, 6.07) is 90.6. The Morgan fingerprint density at radius 2 is 1.07 bits per heavy atom. The highest BCUT2D eigenvalue weighted by Gasteiger charge is 2.53. The van der Waals surface area contributed by atoms with E-state index in [1.54, 1.807) is 0 Å². The van der Waals surface area contributed by atoms with Crippen molar-refractivity contribution in [1.29, 1.82) is 0 Å². The minimum absolute atomic E-state index is 0.0295. The summed E-state index contributed by atoms with van der Waals surface area (Å²) in [5, 5.41) is 3.91. The molecule has 74 heavy (non-hydrogen) atoms. The minimum Gasteiger partial charge on any atom is -0.334 e. The Balaban J connectivity index is 0.912. The third-order valence-corrected chi connectivity index (χ3v) is 17.6. The predicted octanol–water partition coefficient (Wildman–Crippen LogP) is 18.9. The number of rotatable bonds is 7. The SMILES string of the molecule is C1=CC(N(c2ccc(C3=Cc4sc5ccccc5c4CC3)cc2)c2ccccc2-c2ccccc2-c2cccc3ccccc23)CC2=C1c1ccccc1C21c2ccccc2N(c2ccccc2)c2ccccc21. The molecule has 4 aliphatic rings. The van der Waals surface area contributed by atoms with E-state index in [-0.39, 0.29) is 6.04 Å². The van der Waals surface area contributed by atoms with E-state index in [9.17, 15) is 0 Å². The van der Waals surface area contributed by atoms with E-state index in [1.165, 1.54) is 121 Å². The highest BCUT2D eigenvalue weighted by molar-refractivity contribution is 7.20. The Hall–Kier alpha value is -8.76. The van der Waals surface area contributed by atoms with Crippen molar-refractivity contribution in [3.8, 4) is 22.3 Å². The first-order chi connectivity index (χ1) is 36.7. The molecule has 11 aromatic rings. The van der Waals surface area contributed by atoms with Crippen LogP contribution in [0.15, 0.2) is 260 Å². The number of anilines is 5. The number of nitrogens with zero attached hydrogens (tertiary/aromatic N) is 2. The van der Waals surface area contributed by atoms with Gasteiger partial charge in [-0.2, -0.15) is 0 Å². The first kappa shape index (κ1) is 42.9. The number of allylic oxidation sites excluding steroid dienone is 3. The summed E-state index contributed by atoms with van der Waals surface area (Å²) < 4.78 is 1.38. The van der Waals surface area contributed by atoms with Gasteiger partial charge in [0.15, 0.2) is 0 Å². The van der Waals surface area contributed by atoms with Crippen molar-refractivity contribution >= 4 is 77.9 Å². The van der Waals surface area contributed by atoms with Crippen molar-refractivity contribution in [2.24, 2.45) is 0 Å². The highest BCUT2D eigenvalue weighted by atomic mass is 32.1. The highest BCUT2D eigenvalue weighted by Crippen LogP contribution is 2.64. The second kappa shape index (κ2) is 17.2. The van der Waals surface area contributed by atoms with Crippen molar-refractivity contribution in [2.75, 3.05) is 9.80 Å². The van der Waals surface area contributed by atoms with E-state index in [0.29, 0.717) is 0 Å². The van der Waals surface area contributed by atoms with Gasteiger partial charge in [0.2, 0.25) is 0 Å². The van der Waals surface area contributed by atoms with Crippen LogP contribution in [0.5, 0.6) is 0 Å². The van der Waals surface area contributed by atoms with Crippen molar-refractivity contribution in [2.45, 2.75) is 30.7 Å². The van der Waals surface area contributed by atoms with Crippen molar-refractivity contribution in [3.05, 3.63) is 299 Å². The first-order valence-electron chi connectivity index (χ1n) is 26.1. The van der Waals surface area contributed by atoms with Crippen LogP contribution in [-0.4, -0.2) is 6.04 Å². The maximum atomic E-state index is 2.66. The summed E-state index contributed by atoms with van der Waals surface area (Å²) in [4.78, 5) is 6.54. The van der Waals surface area contributed by atoms with E-state index in [0.717, 1.165) is 24.9 Å². The number of fused-ring (bicyclic) bond motifs is 12. The maximum absolute atomic E-state index is 2.66. The molecule has 0 saturated heterocycles. The quantitative estimate of drug-likeness (QED) is 0.157. The van der Waals surface area contributed by atoms with Crippen LogP contribution in [0.1, 0.15) is 51.1 Å². The Morgan fingerprint density at radius 3 is 1.85 bits per heavy atom. The maximum Gasteiger partial charge on any atom is 0.0718 e. The zero-order valence-corrected chi connectivity index (χ0v) is 41.6. The molecular formula is C71H50N2S. The average Bonchev–Trinajstić information content (AvgIpc) is 4.10. The Morgan fingerprint density at radius 1 is 0.473 bits per heavy atom. The lowest BCUT2D eigenvalue weighted by atomic mass is 9.62. The largest absolute Gasteiger partial charge is 0.334 e. The fourth-order valence-electron chi connectivity index (χ4n) is 13.3. The fraction of sp³-hybridized carbons (Fsp3) is 0.0704. The summed E-state index contributed by atoms with van der Waals surface area (Å²) in [6.45, 7) is 0. The third kappa shape index (κ3) is 6.49. The van der Waals surface area contributed by atoms with E-state index < -0.39 is 5.41 Å². The van der Waals surface area contributed by atoms with Gasteiger partial charge in [-0.15, -0.1) is 11.3 Å². The molecule has 1 atom stereocenters. The van der Waals surface area contributed by atoms with E-state index in [1.807, 2.05) is 11.3 Å². The molecule has 3 heteroatoms. The first-order valence-corrected chi connectivity index (χ1v) is 26.9. The minimum atomic E-state index is -0.525. The topological polar surface area (TPSA) is 6.48 Å². The van der Waals surface area contributed by atoms with E-state index in [2.05, 4.69) is 271 Å². The lowest BCUT2D eigenvalue weighted by Gasteiger charge is -2.47. The molecule has 0 radical (unpaired) electrons. The molecular weight excluding hydrogens is 913 g/mol. The van der Waals surface area contributed by atoms with Gasteiger partial charge in [0.1, 0.15) is 0 Å². The van der Waals surface area contributed by atoms with Gasteiger partial charge in [-0.05, 0) is 157 Å². The monoisotopic (exact) mass is 962 g/mol. The Labute approximate surface area is 436 Å². The summed E-state index contributed by atoms with van der Waals surface area (Å²) in [5.74, 6) is 0. The van der Waals surface area contributed by atoms with Crippen LogP contribution in [0.4, 0.5) is 28.4 Å². The molecule has 15 rings (SSSR count). The van der Waals surface area contributed by atoms with Gasteiger partial charge in [-0.25, -0.2) is 0 Å². The van der Waals surface area contributed by atoms with Crippen LogP contribution < -0.4 is 9.80 Å². The molecule has 1 unspecified atom stereocenters. The smallest absolute Gasteiger partial charge is 0.0718 e. The van der Waals surface area contributed by atoms with Crippen molar-refractivity contribution < 1.29 is 0 Å². The normalized spacial score (nSPS) is 15.9. The lowest BCUT2D eigenvalue weighted by molar-refractivity contribution is 0.647. The van der Waals surface area contributed by atoms with Crippen LogP contribution in [0.25, 0.3) is 60.3 Å². The van der Waals surface area contributed by atoms with Crippen LogP contribution in [-0.2, 0) is 11.8 Å². The molecule has 10 aromatic carbocycles. The number of thiophene rings is 1. The fourth-order valence-corrected chi connectivity index (χ4v) is 14.5. The van der Waals surface area contributed by atoms with Gasteiger partial charge in [0, 0.05) is 32.2 Å². The second-order valence-electron chi connectivity index (χ2n) is 20.1. The molecule has 0 saturated carbocycles. The Kier molecular flexibility index (Phi) is 9.96. The van der Waals surface area contributed by atoms with Gasteiger partial charge < -0.3 is 9.80 Å². The van der Waals surface area contributed by atoms with Crippen LogP contribution in [0.2, 0.25) is 0 Å². The van der Waals surface area contributed by atoms with Crippen LogP contribution >= 0.6 is 11.3 Å². The van der Waals surface area contributed by atoms with E-state index >= 15 is 0 Å². The molecule has 0 amide bonds. The summed E-state index contributed by atoms with van der Waals surface area (Å²) in [6.07, 6.45) is 10.3. The number of hydrogen-bond donors (Lipinski definition) is 0. The summed E-state index contributed by atoms with van der Waals surface area (Å²) >= 11 is 1.93. The molecule has 3 aliphatic carbocycles. The molecule has 1 spiro atoms. The van der Waals surface area contributed by atoms with Gasteiger partial charge in [-0.1, -0.05) is 206 Å². The molecule has 0 fully saturated rings. The Bertz CT molecular complexity index is 4080. The number of benzene rings is 10. The summed E-state index contributed by atoms with van der Waals surface area (Å²) in [7, 11) is 0.